The Morgan fingerprint density at radius 2 is 1.64 bits per heavy atom. The van der Waals surface area contributed by atoms with Gasteiger partial charge in [-0.15, -0.1) is 6.42 Å². The molecule has 2 aromatic heterocycles. The largest absolute Gasteiger partial charge is 0.497 e. The molecular weight excluding hydrogens is 577 g/mol. The second kappa shape index (κ2) is 12.2. The Morgan fingerprint density at radius 1 is 1.02 bits per heavy atom. The van der Waals surface area contributed by atoms with Gasteiger partial charge in [0.25, 0.3) is 0 Å². The molecule has 45 heavy (non-hydrogen) atoms. The number of hydrogen-bond acceptors (Lipinski definition) is 9. The molecule has 5 aromatic rings. The lowest BCUT2D eigenvalue weighted by Crippen LogP contribution is -2.42. The molecule has 3 aromatic carbocycles. The van der Waals surface area contributed by atoms with Gasteiger partial charge in [0.1, 0.15) is 23.5 Å². The highest BCUT2D eigenvalue weighted by atomic mass is 19.1. The number of anilines is 1. The molecule has 11 heteroatoms. The summed E-state index contributed by atoms with van der Waals surface area (Å²) in [5.41, 5.74) is -0.678. The minimum Gasteiger partial charge on any atom is -0.497 e. The maximum Gasteiger partial charge on any atom is 0.247 e. The first kappa shape index (κ1) is 30.0. The van der Waals surface area contributed by atoms with Crippen molar-refractivity contribution < 1.29 is 28.8 Å². The van der Waals surface area contributed by atoms with Crippen LogP contribution in [-0.2, 0) is 10.3 Å². The van der Waals surface area contributed by atoms with E-state index in [4.69, 9.17) is 30.6 Å². The van der Waals surface area contributed by atoms with Crippen LogP contribution in [0.15, 0.2) is 91.3 Å². The number of nitrogens with zero attached hydrogens (tertiary/aromatic N) is 4. The maximum atomic E-state index is 16.1. The zero-order chi connectivity index (χ0) is 31.6. The van der Waals surface area contributed by atoms with Gasteiger partial charge in [0.05, 0.1) is 26.7 Å². The molecule has 1 aliphatic rings. The minimum atomic E-state index is -2.67. The Balaban J connectivity index is 1.58. The third kappa shape index (κ3) is 5.03. The molecule has 3 heterocycles. The van der Waals surface area contributed by atoms with Crippen LogP contribution in [0, 0.1) is 12.3 Å². The number of benzene rings is 3. The Kier molecular flexibility index (Phi) is 8.12. The number of aliphatic hydroxyl groups excluding tert-OH is 2. The number of alkyl halides is 1. The first-order valence-electron chi connectivity index (χ1n) is 14.4. The van der Waals surface area contributed by atoms with Gasteiger partial charge in [-0.05, 0) is 35.7 Å². The molecule has 1 saturated heterocycles. The Hall–Kier alpha value is -5.02. The number of terminal acetylenes is 1. The second-order valence-electron chi connectivity index (χ2n) is 10.5. The van der Waals surface area contributed by atoms with E-state index in [1.807, 2.05) is 90.8 Å². The summed E-state index contributed by atoms with van der Waals surface area (Å²) >= 11 is 0. The molecule has 3 N–H and O–H groups in total. The van der Waals surface area contributed by atoms with E-state index in [-0.39, 0.29) is 29.6 Å². The fraction of sp³-hybridized carbons (Fsp3) is 0.265. The SMILES string of the molecule is C#C[C@@]1(F)[C@H](O)[C@@H](CO)O[C@H]1n1cnc2c(OCC)nc(NC(c3ccccc3)(c3ccccc3)c3ccc(OC)cc3)nc21. The lowest BCUT2D eigenvalue weighted by molar-refractivity contribution is -0.0504. The summed E-state index contributed by atoms with van der Waals surface area (Å²) in [5.74, 6) is 3.00. The summed E-state index contributed by atoms with van der Waals surface area (Å²) < 4.78 is 34.5. The van der Waals surface area contributed by atoms with Crippen molar-refractivity contribution in [3.05, 3.63) is 108 Å². The lowest BCUT2D eigenvalue weighted by atomic mass is 9.77. The summed E-state index contributed by atoms with van der Waals surface area (Å²) in [4.78, 5) is 13.9. The Morgan fingerprint density at radius 3 is 2.20 bits per heavy atom. The lowest BCUT2D eigenvalue weighted by Gasteiger charge is -2.37. The standard InChI is InChI=1S/C34H32FN5O5/c1-4-33(35)28(42)26(20-41)45-31(33)40-21-36-27-29(40)37-32(38-30(27)44-5-2)39-34(22-12-8-6-9-13-22,23-14-10-7-11-15-23)24-16-18-25(43-3)19-17-24/h1,6-19,21,26,28,31,41-42H,5,20H2,2-3H3,(H,37,38,39)/t26-,28-,31-,33-/m1/s1. The van der Waals surface area contributed by atoms with Crippen LogP contribution in [0.2, 0.25) is 0 Å². The quantitative estimate of drug-likeness (QED) is 0.158. The smallest absolute Gasteiger partial charge is 0.247 e. The molecule has 0 aliphatic carbocycles. The summed E-state index contributed by atoms with van der Waals surface area (Å²) in [6.07, 6.45) is 2.30. The van der Waals surface area contributed by atoms with Crippen LogP contribution in [0.3, 0.4) is 0 Å². The molecular formula is C34H32FN5O5. The highest BCUT2D eigenvalue weighted by molar-refractivity contribution is 5.78. The van der Waals surface area contributed by atoms with E-state index >= 15 is 4.39 Å². The van der Waals surface area contributed by atoms with Crippen molar-refractivity contribution >= 4 is 17.1 Å². The van der Waals surface area contributed by atoms with Crippen molar-refractivity contribution in [2.24, 2.45) is 0 Å². The van der Waals surface area contributed by atoms with Crippen molar-refractivity contribution in [2.45, 2.75) is 36.6 Å². The molecule has 1 fully saturated rings. The number of aromatic nitrogens is 4. The van der Waals surface area contributed by atoms with Gasteiger partial charge in [-0.2, -0.15) is 9.97 Å². The number of aliphatic hydroxyl groups is 2. The number of rotatable bonds is 10. The van der Waals surface area contributed by atoms with E-state index in [1.165, 1.54) is 10.9 Å². The average Bonchev–Trinajstić information content (AvgIpc) is 3.62. The molecule has 0 bridgehead atoms. The predicted octanol–water partition coefficient (Wildman–Crippen LogP) is 4.23. The second-order valence-corrected chi connectivity index (χ2v) is 10.5. The van der Waals surface area contributed by atoms with Crippen molar-refractivity contribution in [2.75, 3.05) is 25.6 Å². The molecule has 0 spiro atoms. The number of nitrogens with one attached hydrogen (secondary N) is 1. The molecule has 10 nitrogen and oxygen atoms in total. The van der Waals surface area contributed by atoms with Crippen molar-refractivity contribution in [3.8, 4) is 24.0 Å². The molecule has 6 rings (SSSR count). The van der Waals surface area contributed by atoms with Gasteiger partial charge in [0, 0.05) is 0 Å². The van der Waals surface area contributed by atoms with Gasteiger partial charge < -0.3 is 29.7 Å². The van der Waals surface area contributed by atoms with E-state index in [2.05, 4.69) is 10.3 Å². The highest BCUT2D eigenvalue weighted by Crippen LogP contribution is 2.44. The third-order valence-electron chi connectivity index (χ3n) is 8.01. The normalized spacial score (nSPS) is 21.4. The van der Waals surface area contributed by atoms with Crippen LogP contribution in [-0.4, -0.2) is 67.9 Å². The van der Waals surface area contributed by atoms with Crippen LogP contribution in [0.25, 0.3) is 11.2 Å². The van der Waals surface area contributed by atoms with Gasteiger partial charge in [-0.3, -0.25) is 4.57 Å². The van der Waals surface area contributed by atoms with Crippen LogP contribution in [0.4, 0.5) is 10.3 Å². The first-order valence-corrected chi connectivity index (χ1v) is 14.4. The number of halogens is 1. The zero-order valence-corrected chi connectivity index (χ0v) is 24.7. The average molecular weight is 610 g/mol. The molecule has 0 saturated carbocycles. The van der Waals surface area contributed by atoms with Gasteiger partial charge in [0.2, 0.25) is 17.5 Å². The number of fused-ring (bicyclic) bond motifs is 1. The summed E-state index contributed by atoms with van der Waals surface area (Å²) in [6.45, 7) is 1.44. The number of ether oxygens (including phenoxy) is 3. The topological polar surface area (TPSA) is 124 Å². The summed E-state index contributed by atoms with van der Waals surface area (Å²) in [5, 5.41) is 23.9. The summed E-state index contributed by atoms with van der Waals surface area (Å²) in [7, 11) is 1.61. The molecule has 4 atom stereocenters. The van der Waals surface area contributed by atoms with Crippen LogP contribution in [0.5, 0.6) is 11.6 Å². The number of imidazole rings is 1. The minimum absolute atomic E-state index is 0.138. The molecule has 230 valence electrons. The van der Waals surface area contributed by atoms with Gasteiger partial charge in [0.15, 0.2) is 17.4 Å². The predicted molar refractivity (Wildman–Crippen MR) is 166 cm³/mol. The monoisotopic (exact) mass is 609 g/mol. The van der Waals surface area contributed by atoms with E-state index in [1.54, 1.807) is 14.0 Å². The van der Waals surface area contributed by atoms with Crippen LogP contribution >= 0.6 is 0 Å². The number of hydrogen-bond donors (Lipinski definition) is 3. The van der Waals surface area contributed by atoms with Gasteiger partial charge >= 0.3 is 0 Å². The van der Waals surface area contributed by atoms with Crippen molar-refractivity contribution in [1.82, 2.24) is 19.5 Å². The third-order valence-corrected chi connectivity index (χ3v) is 8.01. The van der Waals surface area contributed by atoms with Crippen LogP contribution < -0.4 is 14.8 Å². The van der Waals surface area contributed by atoms with E-state index in [9.17, 15) is 10.2 Å². The molecule has 0 radical (unpaired) electrons. The van der Waals surface area contributed by atoms with Gasteiger partial charge in [-0.25, -0.2) is 9.37 Å². The van der Waals surface area contributed by atoms with E-state index < -0.39 is 36.3 Å². The van der Waals surface area contributed by atoms with E-state index in [0.29, 0.717) is 5.75 Å². The first-order chi connectivity index (χ1) is 21.9. The fourth-order valence-electron chi connectivity index (χ4n) is 5.78. The maximum absolute atomic E-state index is 16.1. The molecule has 0 unspecified atom stereocenters. The van der Waals surface area contributed by atoms with E-state index in [0.717, 1.165) is 16.7 Å². The number of methoxy groups -OCH3 is 1. The summed E-state index contributed by atoms with van der Waals surface area (Å²) in [6, 6.07) is 27.4. The highest BCUT2D eigenvalue weighted by Gasteiger charge is 2.57. The van der Waals surface area contributed by atoms with Crippen molar-refractivity contribution in [1.29, 1.82) is 0 Å². The molecule has 0 amide bonds. The van der Waals surface area contributed by atoms with Crippen LogP contribution in [0.1, 0.15) is 29.8 Å². The molecule has 1 aliphatic heterocycles. The Labute approximate surface area is 259 Å². The zero-order valence-electron chi connectivity index (χ0n) is 24.7. The van der Waals surface area contributed by atoms with Crippen molar-refractivity contribution in [3.63, 3.8) is 0 Å². The fourth-order valence-corrected chi connectivity index (χ4v) is 5.78. The van der Waals surface area contributed by atoms with Gasteiger partial charge in [-0.1, -0.05) is 78.7 Å². The Bertz CT molecular complexity index is 1770.